The standard InChI is InChI=1S/C15H17F2N3O/c1-20-7-5-15(10-18,6-8-20)19-13(21)9-11-3-2-4-12(16)14(11)17/h2-4H,5-9H2,1H3,(H,19,21). The summed E-state index contributed by atoms with van der Waals surface area (Å²) < 4.78 is 26.7. The van der Waals surface area contributed by atoms with E-state index in [1.54, 1.807) is 0 Å². The van der Waals surface area contributed by atoms with Gasteiger partial charge in [-0.3, -0.25) is 4.79 Å². The van der Waals surface area contributed by atoms with Gasteiger partial charge in [0.15, 0.2) is 11.6 Å². The Morgan fingerprint density at radius 2 is 2.10 bits per heavy atom. The summed E-state index contributed by atoms with van der Waals surface area (Å²) >= 11 is 0. The van der Waals surface area contributed by atoms with E-state index in [0.717, 1.165) is 6.07 Å². The zero-order valence-corrected chi connectivity index (χ0v) is 11.8. The molecule has 0 bridgehead atoms. The van der Waals surface area contributed by atoms with Crippen LogP contribution >= 0.6 is 0 Å². The maximum atomic E-state index is 13.5. The van der Waals surface area contributed by atoms with Crippen LogP contribution in [-0.2, 0) is 11.2 Å². The molecule has 4 nitrogen and oxygen atoms in total. The van der Waals surface area contributed by atoms with Gasteiger partial charge in [-0.05, 0) is 26.0 Å². The molecule has 1 aliphatic rings. The lowest BCUT2D eigenvalue weighted by Gasteiger charge is -2.36. The summed E-state index contributed by atoms with van der Waals surface area (Å²) in [6.45, 7) is 1.42. The smallest absolute Gasteiger partial charge is 0.225 e. The van der Waals surface area contributed by atoms with Gasteiger partial charge in [0.2, 0.25) is 5.91 Å². The van der Waals surface area contributed by atoms with E-state index in [4.69, 9.17) is 0 Å². The fourth-order valence-electron chi connectivity index (χ4n) is 2.43. The maximum absolute atomic E-state index is 13.5. The van der Waals surface area contributed by atoms with Gasteiger partial charge < -0.3 is 10.2 Å². The second-order valence-electron chi connectivity index (χ2n) is 5.44. The van der Waals surface area contributed by atoms with Gasteiger partial charge in [0, 0.05) is 18.7 Å². The summed E-state index contributed by atoms with van der Waals surface area (Å²) in [5, 5.41) is 12.0. The average Bonchev–Trinajstić information content (AvgIpc) is 2.47. The summed E-state index contributed by atoms with van der Waals surface area (Å²) in [5.41, 5.74) is -0.915. The van der Waals surface area contributed by atoms with E-state index in [-0.39, 0.29) is 12.0 Å². The van der Waals surface area contributed by atoms with Gasteiger partial charge in [0.25, 0.3) is 0 Å². The zero-order chi connectivity index (χ0) is 15.5. The monoisotopic (exact) mass is 293 g/mol. The van der Waals surface area contributed by atoms with E-state index in [0.29, 0.717) is 25.9 Å². The maximum Gasteiger partial charge on any atom is 0.225 e. The van der Waals surface area contributed by atoms with Gasteiger partial charge in [-0.15, -0.1) is 0 Å². The molecule has 1 fully saturated rings. The van der Waals surface area contributed by atoms with Crippen LogP contribution in [0.4, 0.5) is 8.78 Å². The molecule has 1 N–H and O–H groups in total. The number of carbonyl (C=O) groups is 1. The van der Waals surface area contributed by atoms with Crippen molar-refractivity contribution in [3.8, 4) is 6.07 Å². The molecule has 1 saturated heterocycles. The Morgan fingerprint density at radius 1 is 1.43 bits per heavy atom. The van der Waals surface area contributed by atoms with Crippen molar-refractivity contribution in [3.63, 3.8) is 0 Å². The second kappa shape index (κ2) is 6.19. The number of piperidine rings is 1. The molecule has 0 saturated carbocycles. The third kappa shape index (κ3) is 3.56. The Balaban J connectivity index is 2.04. The first-order valence-electron chi connectivity index (χ1n) is 6.79. The molecule has 2 rings (SSSR count). The van der Waals surface area contributed by atoms with E-state index in [1.165, 1.54) is 12.1 Å². The molecule has 112 valence electrons. The minimum atomic E-state index is -1.01. The van der Waals surface area contributed by atoms with Crippen molar-refractivity contribution in [1.29, 1.82) is 5.26 Å². The number of hydrogen-bond donors (Lipinski definition) is 1. The van der Waals surface area contributed by atoms with Gasteiger partial charge >= 0.3 is 0 Å². The summed E-state index contributed by atoms with van der Waals surface area (Å²) in [6.07, 6.45) is 0.775. The first-order valence-corrected chi connectivity index (χ1v) is 6.79. The molecule has 1 aromatic carbocycles. The Morgan fingerprint density at radius 3 is 2.71 bits per heavy atom. The molecule has 1 aromatic rings. The largest absolute Gasteiger partial charge is 0.337 e. The molecule has 1 aliphatic heterocycles. The number of amides is 1. The molecule has 0 unspecified atom stereocenters. The molecule has 21 heavy (non-hydrogen) atoms. The van der Waals surface area contributed by atoms with Crippen LogP contribution in [0.15, 0.2) is 18.2 Å². The van der Waals surface area contributed by atoms with Crippen molar-refractivity contribution in [2.75, 3.05) is 20.1 Å². The molecule has 0 aromatic heterocycles. The van der Waals surface area contributed by atoms with E-state index >= 15 is 0 Å². The van der Waals surface area contributed by atoms with Crippen LogP contribution in [-0.4, -0.2) is 36.5 Å². The van der Waals surface area contributed by atoms with Crippen LogP contribution in [0.3, 0.4) is 0 Å². The predicted octanol–water partition coefficient (Wildman–Crippen LogP) is 1.61. The van der Waals surface area contributed by atoms with Gasteiger partial charge in [0.05, 0.1) is 12.5 Å². The highest BCUT2D eigenvalue weighted by molar-refractivity contribution is 5.79. The summed E-state index contributed by atoms with van der Waals surface area (Å²) in [5.74, 6) is -2.46. The lowest BCUT2D eigenvalue weighted by atomic mass is 9.89. The van der Waals surface area contributed by atoms with E-state index in [9.17, 15) is 18.8 Å². The number of nitriles is 1. The number of nitrogens with one attached hydrogen (secondary N) is 1. The van der Waals surface area contributed by atoms with Crippen molar-refractivity contribution >= 4 is 5.91 Å². The lowest BCUT2D eigenvalue weighted by Crippen LogP contribution is -2.54. The molecule has 0 atom stereocenters. The molecule has 1 amide bonds. The lowest BCUT2D eigenvalue weighted by molar-refractivity contribution is -0.122. The van der Waals surface area contributed by atoms with E-state index < -0.39 is 23.1 Å². The number of benzene rings is 1. The number of rotatable bonds is 3. The molecular formula is C15H17F2N3O. The van der Waals surface area contributed by atoms with Crippen LogP contribution in [0.1, 0.15) is 18.4 Å². The van der Waals surface area contributed by atoms with Crippen LogP contribution in [0.25, 0.3) is 0 Å². The summed E-state index contributed by atoms with van der Waals surface area (Å²) in [4.78, 5) is 14.1. The number of likely N-dealkylation sites (tertiary alicyclic amines) is 1. The van der Waals surface area contributed by atoms with Crippen molar-refractivity contribution in [2.45, 2.75) is 24.8 Å². The van der Waals surface area contributed by atoms with E-state index in [1.807, 2.05) is 7.05 Å². The average molecular weight is 293 g/mol. The predicted molar refractivity (Wildman–Crippen MR) is 73.3 cm³/mol. The van der Waals surface area contributed by atoms with Gasteiger partial charge in [-0.2, -0.15) is 5.26 Å². The zero-order valence-electron chi connectivity index (χ0n) is 11.8. The molecule has 0 radical (unpaired) electrons. The van der Waals surface area contributed by atoms with Gasteiger partial charge in [-0.1, -0.05) is 12.1 Å². The summed E-state index contributed by atoms with van der Waals surface area (Å²) in [7, 11) is 1.95. The third-order valence-corrected chi connectivity index (χ3v) is 3.82. The number of carbonyl (C=O) groups excluding carboxylic acids is 1. The quantitative estimate of drug-likeness (QED) is 0.921. The molecule has 0 aliphatic carbocycles. The fraction of sp³-hybridized carbons (Fsp3) is 0.467. The van der Waals surface area contributed by atoms with Crippen molar-refractivity contribution < 1.29 is 13.6 Å². The number of halogens is 2. The SMILES string of the molecule is CN1CCC(C#N)(NC(=O)Cc2cccc(F)c2F)CC1. The molecule has 1 heterocycles. The van der Waals surface area contributed by atoms with E-state index in [2.05, 4.69) is 16.3 Å². The first kappa shape index (κ1) is 15.4. The van der Waals surface area contributed by atoms with Crippen LogP contribution in [0.2, 0.25) is 0 Å². The minimum Gasteiger partial charge on any atom is -0.337 e. The number of nitrogens with zero attached hydrogens (tertiary/aromatic N) is 2. The highest BCUT2D eigenvalue weighted by atomic mass is 19.2. The highest BCUT2D eigenvalue weighted by Gasteiger charge is 2.35. The van der Waals surface area contributed by atoms with Crippen molar-refractivity contribution in [2.24, 2.45) is 0 Å². The minimum absolute atomic E-state index is 0.00600. The highest BCUT2D eigenvalue weighted by Crippen LogP contribution is 2.21. The van der Waals surface area contributed by atoms with Crippen molar-refractivity contribution in [1.82, 2.24) is 10.2 Å². The second-order valence-corrected chi connectivity index (χ2v) is 5.44. The Kier molecular flexibility index (Phi) is 4.53. The number of hydrogen-bond acceptors (Lipinski definition) is 3. The van der Waals surface area contributed by atoms with Crippen molar-refractivity contribution in [3.05, 3.63) is 35.4 Å². The van der Waals surface area contributed by atoms with Gasteiger partial charge in [0.1, 0.15) is 5.54 Å². The third-order valence-electron chi connectivity index (χ3n) is 3.82. The Labute approximate surface area is 122 Å². The molecular weight excluding hydrogens is 276 g/mol. The van der Waals surface area contributed by atoms with Crippen LogP contribution in [0.5, 0.6) is 0 Å². The topological polar surface area (TPSA) is 56.1 Å². The summed E-state index contributed by atoms with van der Waals surface area (Å²) in [6, 6.07) is 5.88. The molecule has 6 heteroatoms. The first-order chi connectivity index (χ1) is 9.96. The normalized spacial score (nSPS) is 18.0. The van der Waals surface area contributed by atoms with Crippen LogP contribution in [0, 0.1) is 23.0 Å². The Hall–Kier alpha value is -2.00. The molecule has 0 spiro atoms. The fourth-order valence-corrected chi connectivity index (χ4v) is 2.43. The Bertz CT molecular complexity index is 575. The van der Waals surface area contributed by atoms with Gasteiger partial charge in [-0.25, -0.2) is 8.78 Å². The van der Waals surface area contributed by atoms with Crippen LogP contribution < -0.4 is 5.32 Å².